The van der Waals surface area contributed by atoms with E-state index in [9.17, 15) is 9.90 Å². The number of ether oxygens (including phenoxy) is 1. The molecule has 1 aromatic rings. The third-order valence-corrected chi connectivity index (χ3v) is 2.93. The molecule has 0 atom stereocenters. The first-order valence-electron chi connectivity index (χ1n) is 7.04. The molecule has 1 amide bonds. The Morgan fingerprint density at radius 2 is 1.90 bits per heavy atom. The van der Waals surface area contributed by atoms with Crippen molar-refractivity contribution >= 4 is 11.8 Å². The van der Waals surface area contributed by atoms with Gasteiger partial charge in [0, 0.05) is 0 Å². The Bertz CT molecular complexity index is 505. The molecule has 0 bridgehead atoms. The second-order valence-electron chi connectivity index (χ2n) is 7.02. The second kappa shape index (κ2) is 6.35. The molecule has 5 heteroatoms. The van der Waals surface area contributed by atoms with Gasteiger partial charge in [0.1, 0.15) is 11.4 Å². The Balaban J connectivity index is 2.77. The Hall–Kier alpha value is -1.75. The van der Waals surface area contributed by atoms with E-state index in [1.807, 2.05) is 6.07 Å². The SMILES string of the molecule is CC(C)(CN)Cc1ccc(NC(=O)OC(C)(C)C)c(O)c1. The first-order valence-corrected chi connectivity index (χ1v) is 7.04. The Kier molecular flexibility index (Phi) is 5.23. The quantitative estimate of drug-likeness (QED) is 0.744. The summed E-state index contributed by atoms with van der Waals surface area (Å²) in [5.41, 5.74) is 6.40. The molecule has 118 valence electrons. The van der Waals surface area contributed by atoms with Gasteiger partial charge in [-0.3, -0.25) is 5.32 Å². The van der Waals surface area contributed by atoms with E-state index in [-0.39, 0.29) is 11.2 Å². The van der Waals surface area contributed by atoms with Crippen molar-refractivity contribution in [3.05, 3.63) is 23.8 Å². The van der Waals surface area contributed by atoms with Gasteiger partial charge in [-0.2, -0.15) is 0 Å². The molecule has 1 aromatic carbocycles. The molecule has 5 nitrogen and oxygen atoms in total. The minimum Gasteiger partial charge on any atom is -0.506 e. The molecule has 0 aliphatic carbocycles. The fourth-order valence-corrected chi connectivity index (χ4v) is 1.83. The topological polar surface area (TPSA) is 84.6 Å². The van der Waals surface area contributed by atoms with Gasteiger partial charge in [-0.05, 0) is 56.8 Å². The van der Waals surface area contributed by atoms with E-state index in [2.05, 4.69) is 19.2 Å². The van der Waals surface area contributed by atoms with Gasteiger partial charge in [0.2, 0.25) is 0 Å². The maximum Gasteiger partial charge on any atom is 0.412 e. The number of aromatic hydroxyl groups is 1. The smallest absolute Gasteiger partial charge is 0.412 e. The Labute approximate surface area is 126 Å². The largest absolute Gasteiger partial charge is 0.506 e. The van der Waals surface area contributed by atoms with E-state index < -0.39 is 11.7 Å². The van der Waals surface area contributed by atoms with Crippen LogP contribution in [-0.2, 0) is 11.2 Å². The van der Waals surface area contributed by atoms with Crippen LogP contribution in [0.15, 0.2) is 18.2 Å². The maximum absolute atomic E-state index is 11.7. The third kappa shape index (κ3) is 6.04. The van der Waals surface area contributed by atoms with E-state index in [4.69, 9.17) is 10.5 Å². The van der Waals surface area contributed by atoms with Gasteiger partial charge in [-0.1, -0.05) is 19.9 Å². The van der Waals surface area contributed by atoms with E-state index in [1.54, 1.807) is 32.9 Å². The van der Waals surface area contributed by atoms with Crippen LogP contribution in [0.5, 0.6) is 5.75 Å². The summed E-state index contributed by atoms with van der Waals surface area (Å²) >= 11 is 0. The Morgan fingerprint density at radius 3 is 2.38 bits per heavy atom. The number of nitrogens with two attached hydrogens (primary N) is 1. The lowest BCUT2D eigenvalue weighted by Gasteiger charge is -2.23. The standard InChI is InChI=1S/C16H26N2O3/c1-15(2,3)21-14(20)18-12-7-6-11(8-13(12)19)9-16(4,5)10-17/h6-8,19H,9-10,17H2,1-5H3,(H,18,20). The molecule has 0 saturated heterocycles. The van der Waals surface area contributed by atoms with Crippen molar-refractivity contribution in [1.29, 1.82) is 0 Å². The van der Waals surface area contributed by atoms with Gasteiger partial charge < -0.3 is 15.6 Å². The number of nitrogens with one attached hydrogen (secondary N) is 1. The van der Waals surface area contributed by atoms with Crippen molar-refractivity contribution in [1.82, 2.24) is 0 Å². The summed E-state index contributed by atoms with van der Waals surface area (Å²) in [5, 5.41) is 12.5. The van der Waals surface area contributed by atoms with E-state index in [0.29, 0.717) is 12.2 Å². The zero-order valence-electron chi connectivity index (χ0n) is 13.5. The number of amides is 1. The van der Waals surface area contributed by atoms with Crippen molar-refractivity contribution in [2.45, 2.75) is 46.6 Å². The molecule has 0 aliphatic rings. The highest BCUT2D eigenvalue weighted by Crippen LogP contribution is 2.28. The van der Waals surface area contributed by atoms with Crippen molar-refractivity contribution < 1.29 is 14.6 Å². The van der Waals surface area contributed by atoms with Gasteiger partial charge in [0.05, 0.1) is 5.69 Å². The van der Waals surface area contributed by atoms with E-state index >= 15 is 0 Å². The first-order chi connectivity index (χ1) is 9.52. The normalized spacial score (nSPS) is 12.1. The molecule has 0 unspecified atom stereocenters. The summed E-state index contributed by atoms with van der Waals surface area (Å²) < 4.78 is 5.15. The highest BCUT2D eigenvalue weighted by molar-refractivity contribution is 5.86. The summed E-state index contributed by atoms with van der Waals surface area (Å²) in [4.78, 5) is 11.7. The number of hydrogen-bond acceptors (Lipinski definition) is 4. The van der Waals surface area contributed by atoms with Gasteiger partial charge in [0.25, 0.3) is 0 Å². The van der Waals surface area contributed by atoms with E-state index in [0.717, 1.165) is 12.0 Å². The van der Waals surface area contributed by atoms with Crippen molar-refractivity contribution in [2.75, 3.05) is 11.9 Å². The summed E-state index contributed by atoms with van der Waals surface area (Å²) in [6.07, 6.45) is 0.164. The second-order valence-corrected chi connectivity index (χ2v) is 7.02. The minimum atomic E-state index is -0.590. The number of benzene rings is 1. The molecule has 4 N–H and O–H groups in total. The van der Waals surface area contributed by atoms with Crippen molar-refractivity contribution in [3.63, 3.8) is 0 Å². The predicted octanol–water partition coefficient (Wildman–Crippen LogP) is 3.27. The number of hydrogen-bond donors (Lipinski definition) is 3. The summed E-state index contributed by atoms with van der Waals surface area (Å²) in [6, 6.07) is 5.18. The molecule has 0 saturated carbocycles. The fourth-order valence-electron chi connectivity index (χ4n) is 1.83. The van der Waals surface area contributed by atoms with Crippen LogP contribution in [0.2, 0.25) is 0 Å². The molecule has 0 aromatic heterocycles. The molecule has 21 heavy (non-hydrogen) atoms. The van der Waals surface area contributed by atoms with Crippen molar-refractivity contribution in [2.24, 2.45) is 11.1 Å². The van der Waals surface area contributed by atoms with Crippen LogP contribution >= 0.6 is 0 Å². The molecule has 0 fully saturated rings. The highest BCUT2D eigenvalue weighted by atomic mass is 16.6. The van der Waals surface area contributed by atoms with Gasteiger partial charge in [0.15, 0.2) is 0 Å². The summed E-state index contributed by atoms with van der Waals surface area (Å²) in [6.45, 7) is 10.0. The third-order valence-electron chi connectivity index (χ3n) is 2.93. The maximum atomic E-state index is 11.7. The van der Waals surface area contributed by atoms with Gasteiger partial charge in [-0.25, -0.2) is 4.79 Å². The number of rotatable bonds is 4. The van der Waals surface area contributed by atoms with Crippen molar-refractivity contribution in [3.8, 4) is 5.75 Å². The van der Waals surface area contributed by atoms with Crippen LogP contribution in [0.1, 0.15) is 40.2 Å². The number of anilines is 1. The lowest BCUT2D eigenvalue weighted by molar-refractivity contribution is 0.0635. The van der Waals surface area contributed by atoms with Gasteiger partial charge in [-0.15, -0.1) is 0 Å². The molecular formula is C16H26N2O3. The minimum absolute atomic E-state index is 0.0196. The number of carbonyl (C=O) groups excluding carboxylic acids is 1. The van der Waals surface area contributed by atoms with Crippen LogP contribution in [0.25, 0.3) is 0 Å². The average molecular weight is 294 g/mol. The van der Waals surface area contributed by atoms with E-state index in [1.165, 1.54) is 0 Å². The van der Waals surface area contributed by atoms with Gasteiger partial charge >= 0.3 is 6.09 Å². The molecule has 0 spiro atoms. The highest BCUT2D eigenvalue weighted by Gasteiger charge is 2.19. The molecule has 0 aliphatic heterocycles. The van der Waals surface area contributed by atoms with Crippen LogP contribution in [0.4, 0.5) is 10.5 Å². The lowest BCUT2D eigenvalue weighted by atomic mass is 9.86. The van der Waals surface area contributed by atoms with Crippen LogP contribution < -0.4 is 11.1 Å². The first kappa shape index (κ1) is 17.3. The number of carbonyl (C=O) groups is 1. The van der Waals surface area contributed by atoms with Crippen LogP contribution in [0.3, 0.4) is 0 Å². The molecule has 0 radical (unpaired) electrons. The monoisotopic (exact) mass is 294 g/mol. The zero-order valence-corrected chi connectivity index (χ0v) is 13.5. The fraction of sp³-hybridized carbons (Fsp3) is 0.562. The Morgan fingerprint density at radius 1 is 1.29 bits per heavy atom. The summed E-state index contributed by atoms with van der Waals surface area (Å²) in [5.74, 6) is 0.0196. The molecule has 1 rings (SSSR count). The van der Waals surface area contributed by atoms with Crippen LogP contribution in [-0.4, -0.2) is 23.3 Å². The number of phenolic OH excluding ortho intramolecular Hbond substituents is 1. The zero-order chi connectivity index (χ0) is 16.3. The number of phenols is 1. The molecular weight excluding hydrogens is 268 g/mol. The molecule has 0 heterocycles. The summed E-state index contributed by atoms with van der Waals surface area (Å²) in [7, 11) is 0. The average Bonchev–Trinajstić information content (AvgIpc) is 2.30. The lowest BCUT2D eigenvalue weighted by Crippen LogP contribution is -2.27. The van der Waals surface area contributed by atoms with Crippen LogP contribution in [0, 0.1) is 5.41 Å². The predicted molar refractivity (Wildman–Crippen MR) is 84.5 cm³/mol.